The van der Waals surface area contributed by atoms with E-state index in [0.717, 1.165) is 5.52 Å². The number of nitrogens with one attached hydrogen (secondary N) is 1. The van der Waals surface area contributed by atoms with Crippen molar-refractivity contribution in [1.82, 2.24) is 10.3 Å². The first kappa shape index (κ1) is 13.8. The van der Waals surface area contributed by atoms with Crippen LogP contribution in [0.3, 0.4) is 0 Å². The van der Waals surface area contributed by atoms with E-state index in [1.54, 1.807) is 6.07 Å². The molecule has 7 heteroatoms. The molecule has 0 aliphatic carbocycles. The van der Waals surface area contributed by atoms with Gasteiger partial charge in [0.05, 0.1) is 11.5 Å². The normalized spacial score (nSPS) is 21.0. The van der Waals surface area contributed by atoms with Crippen LogP contribution in [0.1, 0.15) is 12.3 Å². The van der Waals surface area contributed by atoms with Crippen LogP contribution in [0.5, 0.6) is 0 Å². The van der Waals surface area contributed by atoms with Gasteiger partial charge in [-0.2, -0.15) is 0 Å². The standard InChI is InChI=1S/C14H14N2O4S/c17-13(15-10-7-8-21(18,19)9-10)5-6-14-16-11-3-1-2-4-12(11)20-14/h1-6,10H,7-9H2,(H,15,17). The van der Waals surface area contributed by atoms with Gasteiger partial charge in [0.2, 0.25) is 11.8 Å². The summed E-state index contributed by atoms with van der Waals surface area (Å²) >= 11 is 0. The van der Waals surface area contributed by atoms with Gasteiger partial charge in [0.15, 0.2) is 15.4 Å². The highest BCUT2D eigenvalue weighted by molar-refractivity contribution is 7.91. The lowest BCUT2D eigenvalue weighted by molar-refractivity contribution is -0.116. The van der Waals surface area contributed by atoms with E-state index in [2.05, 4.69) is 10.3 Å². The van der Waals surface area contributed by atoms with Gasteiger partial charge in [0, 0.05) is 18.2 Å². The molecule has 1 saturated heterocycles. The van der Waals surface area contributed by atoms with Crippen molar-refractivity contribution < 1.29 is 17.6 Å². The third-order valence-corrected chi connectivity index (χ3v) is 5.03. The maximum absolute atomic E-state index is 11.7. The molecule has 1 aromatic heterocycles. The second-order valence-corrected chi connectivity index (χ2v) is 7.19. The van der Waals surface area contributed by atoms with Crippen LogP contribution in [0.25, 0.3) is 17.2 Å². The largest absolute Gasteiger partial charge is 0.437 e. The Morgan fingerprint density at radius 1 is 1.38 bits per heavy atom. The highest BCUT2D eigenvalue weighted by Gasteiger charge is 2.28. The first-order valence-electron chi connectivity index (χ1n) is 6.56. The maximum atomic E-state index is 11.7. The van der Waals surface area contributed by atoms with Crippen LogP contribution < -0.4 is 5.32 Å². The number of rotatable bonds is 3. The summed E-state index contributed by atoms with van der Waals surface area (Å²) in [6.07, 6.45) is 3.24. The number of hydrogen-bond donors (Lipinski definition) is 1. The molecule has 0 bridgehead atoms. The summed E-state index contributed by atoms with van der Waals surface area (Å²) in [6.45, 7) is 0. The van der Waals surface area contributed by atoms with Crippen LogP contribution in [0.15, 0.2) is 34.8 Å². The Bertz CT molecular complexity index is 774. The van der Waals surface area contributed by atoms with Gasteiger partial charge in [-0.05, 0) is 18.6 Å². The Morgan fingerprint density at radius 3 is 2.90 bits per heavy atom. The van der Waals surface area contributed by atoms with E-state index in [-0.39, 0.29) is 23.5 Å². The molecule has 1 aliphatic rings. The monoisotopic (exact) mass is 306 g/mol. The fourth-order valence-electron chi connectivity index (χ4n) is 2.27. The molecular weight excluding hydrogens is 292 g/mol. The lowest BCUT2D eigenvalue weighted by Gasteiger charge is -2.07. The molecule has 1 aliphatic heterocycles. The number of carbonyl (C=O) groups is 1. The average molecular weight is 306 g/mol. The Balaban J connectivity index is 1.64. The van der Waals surface area contributed by atoms with Crippen molar-refractivity contribution in [3.05, 3.63) is 36.2 Å². The van der Waals surface area contributed by atoms with E-state index >= 15 is 0 Å². The summed E-state index contributed by atoms with van der Waals surface area (Å²) in [5.41, 5.74) is 1.37. The lowest BCUT2D eigenvalue weighted by Crippen LogP contribution is -2.34. The van der Waals surface area contributed by atoms with Crippen molar-refractivity contribution in [2.24, 2.45) is 0 Å². The van der Waals surface area contributed by atoms with E-state index in [1.165, 1.54) is 12.2 Å². The van der Waals surface area contributed by atoms with E-state index in [1.807, 2.05) is 18.2 Å². The average Bonchev–Trinajstić information content (AvgIpc) is 2.99. The fraction of sp³-hybridized carbons (Fsp3) is 0.286. The van der Waals surface area contributed by atoms with Crippen molar-refractivity contribution in [3.63, 3.8) is 0 Å². The molecule has 1 amide bonds. The molecule has 0 spiro atoms. The Morgan fingerprint density at radius 2 is 2.19 bits per heavy atom. The molecule has 2 aromatic rings. The fourth-order valence-corrected chi connectivity index (χ4v) is 3.94. The number of sulfone groups is 1. The predicted octanol–water partition coefficient (Wildman–Crippen LogP) is 1.14. The zero-order valence-corrected chi connectivity index (χ0v) is 12.0. The minimum atomic E-state index is -3.00. The topological polar surface area (TPSA) is 89.3 Å². The Kier molecular flexibility index (Phi) is 3.50. The first-order chi connectivity index (χ1) is 10.0. The summed E-state index contributed by atoms with van der Waals surface area (Å²) in [7, 11) is -3.00. The molecule has 1 unspecified atom stereocenters. The first-order valence-corrected chi connectivity index (χ1v) is 8.38. The molecule has 0 saturated carbocycles. The number of nitrogens with zero attached hydrogens (tertiary/aromatic N) is 1. The predicted molar refractivity (Wildman–Crippen MR) is 78.2 cm³/mol. The zero-order chi connectivity index (χ0) is 14.9. The molecule has 2 heterocycles. The molecule has 0 radical (unpaired) electrons. The summed E-state index contributed by atoms with van der Waals surface area (Å²) < 4.78 is 28.1. The summed E-state index contributed by atoms with van der Waals surface area (Å²) in [5.74, 6) is 0.132. The molecular formula is C14H14N2O4S. The van der Waals surface area contributed by atoms with Gasteiger partial charge in [-0.25, -0.2) is 13.4 Å². The SMILES string of the molecule is O=C(C=Cc1nc2ccccc2o1)NC1CCS(=O)(=O)C1. The second kappa shape index (κ2) is 5.33. The van der Waals surface area contributed by atoms with Gasteiger partial charge in [-0.1, -0.05) is 12.1 Å². The number of fused-ring (bicyclic) bond motifs is 1. The van der Waals surface area contributed by atoms with Crippen molar-refractivity contribution in [1.29, 1.82) is 0 Å². The summed E-state index contributed by atoms with van der Waals surface area (Å²) in [5, 5.41) is 2.66. The lowest BCUT2D eigenvalue weighted by atomic mass is 10.2. The molecule has 1 aromatic carbocycles. The molecule has 6 nitrogen and oxygen atoms in total. The van der Waals surface area contributed by atoms with Crippen LogP contribution in [0.4, 0.5) is 0 Å². The second-order valence-electron chi connectivity index (χ2n) is 4.96. The third kappa shape index (κ3) is 3.30. The van der Waals surface area contributed by atoms with E-state index in [4.69, 9.17) is 4.42 Å². The zero-order valence-electron chi connectivity index (χ0n) is 11.2. The van der Waals surface area contributed by atoms with Crippen LogP contribution in [-0.2, 0) is 14.6 Å². The van der Waals surface area contributed by atoms with Gasteiger partial charge in [0.1, 0.15) is 5.52 Å². The minimum absolute atomic E-state index is 0.00939. The number of carbonyl (C=O) groups excluding carboxylic acids is 1. The van der Waals surface area contributed by atoms with E-state index in [0.29, 0.717) is 17.9 Å². The minimum Gasteiger partial charge on any atom is -0.437 e. The molecule has 3 rings (SSSR count). The van der Waals surface area contributed by atoms with E-state index in [9.17, 15) is 13.2 Å². The molecule has 1 N–H and O–H groups in total. The number of amides is 1. The van der Waals surface area contributed by atoms with E-state index < -0.39 is 9.84 Å². The van der Waals surface area contributed by atoms with Crippen LogP contribution in [0.2, 0.25) is 0 Å². The molecule has 1 fully saturated rings. The highest BCUT2D eigenvalue weighted by Crippen LogP contribution is 2.15. The van der Waals surface area contributed by atoms with Gasteiger partial charge in [-0.3, -0.25) is 4.79 Å². The van der Waals surface area contributed by atoms with Crippen molar-refractivity contribution in [3.8, 4) is 0 Å². The summed E-state index contributed by atoms with van der Waals surface area (Å²) in [4.78, 5) is 15.9. The number of hydrogen-bond acceptors (Lipinski definition) is 5. The van der Waals surface area contributed by atoms with Crippen molar-refractivity contribution in [2.45, 2.75) is 12.5 Å². The number of benzene rings is 1. The van der Waals surface area contributed by atoms with Crippen molar-refractivity contribution in [2.75, 3.05) is 11.5 Å². The van der Waals surface area contributed by atoms with Gasteiger partial charge < -0.3 is 9.73 Å². The third-order valence-electron chi connectivity index (χ3n) is 3.27. The number of oxazole rings is 1. The van der Waals surface area contributed by atoms with Crippen LogP contribution in [0, 0.1) is 0 Å². The Hall–Kier alpha value is -2.15. The van der Waals surface area contributed by atoms with Crippen molar-refractivity contribution >= 4 is 32.9 Å². The maximum Gasteiger partial charge on any atom is 0.244 e. The molecule has 1 atom stereocenters. The molecule has 110 valence electrons. The van der Waals surface area contributed by atoms with Gasteiger partial charge in [-0.15, -0.1) is 0 Å². The number of para-hydroxylation sites is 2. The van der Waals surface area contributed by atoms with Crippen LogP contribution >= 0.6 is 0 Å². The summed E-state index contributed by atoms with van der Waals surface area (Å²) in [6, 6.07) is 7.00. The van der Waals surface area contributed by atoms with Crippen LogP contribution in [-0.4, -0.2) is 36.9 Å². The Labute approximate surface area is 121 Å². The smallest absolute Gasteiger partial charge is 0.244 e. The van der Waals surface area contributed by atoms with Gasteiger partial charge >= 0.3 is 0 Å². The quantitative estimate of drug-likeness (QED) is 0.859. The molecule has 21 heavy (non-hydrogen) atoms. The van der Waals surface area contributed by atoms with Gasteiger partial charge in [0.25, 0.3) is 0 Å². The number of aromatic nitrogens is 1. The highest BCUT2D eigenvalue weighted by atomic mass is 32.2.